The van der Waals surface area contributed by atoms with Gasteiger partial charge in [-0.1, -0.05) is 18.2 Å². The molecular formula is C13H15NO2. The third-order valence-corrected chi connectivity index (χ3v) is 3.92. The molecule has 1 saturated carbocycles. The summed E-state index contributed by atoms with van der Waals surface area (Å²) in [7, 11) is 0. The van der Waals surface area contributed by atoms with Gasteiger partial charge in [0.05, 0.1) is 6.61 Å². The molecule has 1 heterocycles. The van der Waals surface area contributed by atoms with Crippen molar-refractivity contribution in [3.05, 3.63) is 29.8 Å². The molecule has 0 aromatic heterocycles. The number of carbonyl (C=O) groups is 1. The number of ketones is 1. The highest BCUT2D eigenvalue weighted by molar-refractivity contribution is 5.84. The van der Waals surface area contributed by atoms with E-state index in [4.69, 9.17) is 0 Å². The molecule has 3 heteroatoms. The number of benzene rings is 1. The highest BCUT2D eigenvalue weighted by atomic mass is 16.3. The molecule has 3 nitrogen and oxygen atoms in total. The lowest BCUT2D eigenvalue weighted by molar-refractivity contribution is -0.118. The molecule has 1 aromatic rings. The first kappa shape index (κ1) is 9.85. The van der Waals surface area contributed by atoms with Crippen LogP contribution in [0.4, 0.5) is 5.69 Å². The molecule has 1 fully saturated rings. The Balaban J connectivity index is 2.02. The van der Waals surface area contributed by atoms with Crippen LogP contribution in [0, 0.1) is 5.41 Å². The number of rotatable bonds is 1. The van der Waals surface area contributed by atoms with E-state index in [2.05, 4.69) is 11.4 Å². The molecule has 3 rings (SSSR count). The van der Waals surface area contributed by atoms with E-state index < -0.39 is 0 Å². The van der Waals surface area contributed by atoms with Crippen molar-refractivity contribution in [1.82, 2.24) is 0 Å². The topological polar surface area (TPSA) is 49.3 Å². The molecule has 0 radical (unpaired) electrons. The molecule has 0 saturated heterocycles. The minimum Gasteiger partial charge on any atom is -0.396 e. The quantitative estimate of drug-likeness (QED) is 0.747. The number of aliphatic hydroxyl groups excluding tert-OH is 1. The Kier molecular flexibility index (Phi) is 2.04. The average Bonchev–Trinajstić information content (AvgIpc) is 2.61. The van der Waals surface area contributed by atoms with Crippen LogP contribution >= 0.6 is 0 Å². The summed E-state index contributed by atoms with van der Waals surface area (Å²) in [4.78, 5) is 11.6. The maximum absolute atomic E-state index is 11.6. The summed E-state index contributed by atoms with van der Waals surface area (Å²) in [5.41, 5.74) is 2.07. The summed E-state index contributed by atoms with van der Waals surface area (Å²) in [6.45, 7) is 0.0880. The van der Waals surface area contributed by atoms with Crippen LogP contribution in [-0.2, 0) is 11.2 Å². The molecular weight excluding hydrogens is 202 g/mol. The van der Waals surface area contributed by atoms with Gasteiger partial charge >= 0.3 is 0 Å². The highest BCUT2D eigenvalue weighted by Crippen LogP contribution is 2.45. The third kappa shape index (κ3) is 1.28. The number of para-hydroxylation sites is 1. The molecule has 2 N–H and O–H groups in total. The van der Waals surface area contributed by atoms with E-state index in [9.17, 15) is 9.90 Å². The van der Waals surface area contributed by atoms with Gasteiger partial charge in [0.2, 0.25) is 0 Å². The van der Waals surface area contributed by atoms with Gasteiger partial charge in [-0.2, -0.15) is 0 Å². The van der Waals surface area contributed by atoms with Crippen molar-refractivity contribution in [3.8, 4) is 0 Å². The Morgan fingerprint density at radius 3 is 3.00 bits per heavy atom. The summed E-state index contributed by atoms with van der Waals surface area (Å²) in [6.07, 6.45) is 1.87. The number of nitrogens with one attached hydrogen (secondary N) is 1. The zero-order valence-electron chi connectivity index (χ0n) is 9.07. The third-order valence-electron chi connectivity index (χ3n) is 3.92. The monoisotopic (exact) mass is 217 g/mol. The van der Waals surface area contributed by atoms with Crippen LogP contribution in [0.25, 0.3) is 0 Å². The largest absolute Gasteiger partial charge is 0.396 e. The minimum atomic E-state index is -0.258. The standard InChI is InChI=1S/C13H15NO2/c15-8-13-6-9-3-1-2-4-11(9)14-12(13)5-10(16)7-13/h1-4,12,14-15H,5-8H2/t12-,13+/m1/s1. The molecule has 1 aliphatic heterocycles. The van der Waals surface area contributed by atoms with E-state index >= 15 is 0 Å². The molecule has 0 unspecified atom stereocenters. The normalized spacial score (nSPS) is 31.8. The second kappa shape index (κ2) is 3.32. The molecule has 2 atom stereocenters. The van der Waals surface area contributed by atoms with Gasteiger partial charge < -0.3 is 10.4 Å². The van der Waals surface area contributed by atoms with E-state index in [0.717, 1.165) is 12.1 Å². The molecule has 0 bridgehead atoms. The zero-order valence-corrected chi connectivity index (χ0v) is 9.07. The Morgan fingerprint density at radius 2 is 2.19 bits per heavy atom. The zero-order chi connectivity index (χ0) is 11.2. The summed E-state index contributed by atoms with van der Waals surface area (Å²) >= 11 is 0. The number of carbonyl (C=O) groups excluding carboxylic acids is 1. The second-order valence-corrected chi connectivity index (χ2v) is 4.97. The van der Waals surface area contributed by atoms with Gasteiger partial charge in [0.1, 0.15) is 5.78 Å². The van der Waals surface area contributed by atoms with Crippen LogP contribution in [0.2, 0.25) is 0 Å². The maximum atomic E-state index is 11.6. The fourth-order valence-electron chi connectivity index (χ4n) is 3.03. The van der Waals surface area contributed by atoms with Gasteiger partial charge in [-0.15, -0.1) is 0 Å². The number of aliphatic hydroxyl groups is 1. The van der Waals surface area contributed by atoms with E-state index in [-0.39, 0.29) is 23.8 Å². The minimum absolute atomic E-state index is 0.0880. The Hall–Kier alpha value is -1.35. The van der Waals surface area contributed by atoms with Crippen LogP contribution in [0.3, 0.4) is 0 Å². The van der Waals surface area contributed by atoms with Crippen LogP contribution in [0.15, 0.2) is 24.3 Å². The van der Waals surface area contributed by atoms with Crippen molar-refractivity contribution in [3.63, 3.8) is 0 Å². The van der Waals surface area contributed by atoms with E-state index in [1.165, 1.54) is 5.56 Å². The maximum Gasteiger partial charge on any atom is 0.135 e. The van der Waals surface area contributed by atoms with E-state index in [0.29, 0.717) is 12.8 Å². The van der Waals surface area contributed by atoms with Crippen LogP contribution < -0.4 is 5.32 Å². The van der Waals surface area contributed by atoms with E-state index in [1.54, 1.807) is 0 Å². The molecule has 16 heavy (non-hydrogen) atoms. The van der Waals surface area contributed by atoms with Crippen molar-refractivity contribution < 1.29 is 9.90 Å². The fraction of sp³-hybridized carbons (Fsp3) is 0.462. The number of fused-ring (bicyclic) bond motifs is 2. The van der Waals surface area contributed by atoms with Crippen LogP contribution in [-0.4, -0.2) is 23.5 Å². The Labute approximate surface area is 94.5 Å². The molecule has 0 spiro atoms. The van der Waals surface area contributed by atoms with Crippen LogP contribution in [0.1, 0.15) is 18.4 Å². The van der Waals surface area contributed by atoms with Crippen LogP contribution in [0.5, 0.6) is 0 Å². The van der Waals surface area contributed by atoms with Gasteiger partial charge in [0.15, 0.2) is 0 Å². The van der Waals surface area contributed by atoms with Crippen molar-refractivity contribution in [1.29, 1.82) is 0 Å². The first-order chi connectivity index (χ1) is 7.73. The predicted molar refractivity (Wildman–Crippen MR) is 61.3 cm³/mol. The van der Waals surface area contributed by atoms with Crippen molar-refractivity contribution >= 4 is 11.5 Å². The lowest BCUT2D eigenvalue weighted by atomic mass is 9.75. The first-order valence-electron chi connectivity index (χ1n) is 5.70. The molecule has 1 aromatic carbocycles. The molecule has 1 aliphatic carbocycles. The number of Topliss-reactive ketones (excluding diaryl/α,β-unsaturated/α-hetero) is 1. The van der Waals surface area contributed by atoms with Crippen molar-refractivity contribution in [2.24, 2.45) is 5.41 Å². The Morgan fingerprint density at radius 1 is 1.38 bits per heavy atom. The molecule has 0 amide bonds. The summed E-state index contributed by atoms with van der Waals surface area (Å²) in [5, 5.41) is 13.0. The van der Waals surface area contributed by atoms with Gasteiger partial charge in [0, 0.05) is 30.0 Å². The fourth-order valence-corrected chi connectivity index (χ4v) is 3.03. The average molecular weight is 217 g/mol. The number of hydrogen-bond acceptors (Lipinski definition) is 3. The SMILES string of the molecule is O=C1C[C@H]2Nc3ccccc3C[C@@]2(CO)C1. The van der Waals surface area contributed by atoms with Crippen molar-refractivity contribution in [2.45, 2.75) is 25.3 Å². The smallest absolute Gasteiger partial charge is 0.135 e. The molecule has 84 valence electrons. The van der Waals surface area contributed by atoms with Gasteiger partial charge in [-0.3, -0.25) is 4.79 Å². The second-order valence-electron chi connectivity index (χ2n) is 4.97. The summed E-state index contributed by atoms with van der Waals surface area (Å²) in [5.74, 6) is 0.263. The number of anilines is 1. The van der Waals surface area contributed by atoms with Crippen molar-refractivity contribution in [2.75, 3.05) is 11.9 Å². The van der Waals surface area contributed by atoms with Gasteiger partial charge in [-0.25, -0.2) is 0 Å². The lowest BCUT2D eigenvalue weighted by Crippen LogP contribution is -2.44. The van der Waals surface area contributed by atoms with Gasteiger partial charge in [-0.05, 0) is 18.1 Å². The van der Waals surface area contributed by atoms with Gasteiger partial charge in [0.25, 0.3) is 0 Å². The lowest BCUT2D eigenvalue weighted by Gasteiger charge is -2.39. The molecule has 2 aliphatic rings. The summed E-state index contributed by atoms with van der Waals surface area (Å²) < 4.78 is 0. The highest BCUT2D eigenvalue weighted by Gasteiger charge is 2.49. The first-order valence-corrected chi connectivity index (χ1v) is 5.70. The predicted octanol–water partition coefficient (Wildman–Crippen LogP) is 1.36. The summed E-state index contributed by atoms with van der Waals surface area (Å²) in [6, 6.07) is 8.22. The van der Waals surface area contributed by atoms with E-state index in [1.807, 2.05) is 18.2 Å². The Bertz CT molecular complexity index is 443. The number of hydrogen-bond donors (Lipinski definition) is 2.